The number of halogens is 5. The molecule has 0 radical (unpaired) electrons. The Bertz CT molecular complexity index is 1630. The summed E-state index contributed by atoms with van der Waals surface area (Å²) in [5, 5.41) is 20.0. The number of aliphatic hydroxyl groups excluding tert-OH is 1. The predicted octanol–water partition coefficient (Wildman–Crippen LogP) is 6.51. The van der Waals surface area contributed by atoms with Gasteiger partial charge in [0.25, 0.3) is 0 Å². The summed E-state index contributed by atoms with van der Waals surface area (Å²) in [4.78, 5) is 13.3. The molecule has 0 aromatic heterocycles. The molecule has 2 N–H and O–H groups in total. The number of nitrogens with zero attached hydrogens (tertiary/aromatic N) is 2. The first-order chi connectivity index (χ1) is 21.2. The number of benzene rings is 3. The molecule has 1 atom stereocenters. The molecule has 0 spiro atoms. The number of rotatable bonds is 10. The standard InChI is InChI=1S/C32H35F5N2O5S/c1-18(2)30(38(3)45(43,44)31-28(36)26(34)25(33)27(35)29(31)37)32(42)39(23-14-13-22(17-40)24(41)15-23)16-19-9-11-21(12-10-19)20-7-5-4-6-8-20/h9-15,18,20,30,40-41H,4-8,16-17H2,1-3H3. The maximum atomic E-state index is 14.6. The van der Waals surface area contributed by atoms with Crippen molar-refractivity contribution in [2.45, 2.75) is 76.0 Å². The van der Waals surface area contributed by atoms with E-state index in [0.717, 1.165) is 43.2 Å². The maximum absolute atomic E-state index is 14.6. The van der Waals surface area contributed by atoms with Crippen LogP contribution in [0.5, 0.6) is 5.75 Å². The molecule has 0 heterocycles. The summed E-state index contributed by atoms with van der Waals surface area (Å²) in [6.45, 7) is 2.29. The molecule has 1 fully saturated rings. The molecule has 1 amide bonds. The van der Waals surface area contributed by atoms with Crippen molar-refractivity contribution >= 4 is 21.6 Å². The van der Waals surface area contributed by atoms with Gasteiger partial charge in [0.1, 0.15) is 11.8 Å². The van der Waals surface area contributed by atoms with Gasteiger partial charge in [0, 0.05) is 24.4 Å². The third-order valence-electron chi connectivity index (χ3n) is 8.30. The van der Waals surface area contributed by atoms with Gasteiger partial charge in [-0.15, -0.1) is 0 Å². The summed E-state index contributed by atoms with van der Waals surface area (Å²) in [5.74, 6) is -14.2. The normalized spacial score (nSPS) is 15.1. The largest absolute Gasteiger partial charge is 0.508 e. The molecule has 244 valence electrons. The number of hydrogen-bond acceptors (Lipinski definition) is 5. The number of likely N-dealkylation sites (N-methyl/N-ethyl adjacent to an activating group) is 1. The Balaban J connectivity index is 1.76. The molecular weight excluding hydrogens is 619 g/mol. The smallest absolute Gasteiger partial charge is 0.249 e. The Morgan fingerprint density at radius 1 is 0.889 bits per heavy atom. The third kappa shape index (κ3) is 6.85. The van der Waals surface area contributed by atoms with Crippen molar-refractivity contribution in [1.82, 2.24) is 4.31 Å². The molecule has 4 rings (SSSR count). The van der Waals surface area contributed by atoms with Gasteiger partial charge in [-0.05, 0) is 41.9 Å². The zero-order chi connectivity index (χ0) is 33.2. The molecular formula is C32H35F5N2O5S. The Hall–Kier alpha value is -3.55. The highest BCUT2D eigenvalue weighted by Crippen LogP contribution is 2.35. The second kappa shape index (κ2) is 13.8. The number of sulfonamides is 1. The number of hydrogen-bond donors (Lipinski definition) is 2. The van der Waals surface area contributed by atoms with Crippen molar-refractivity contribution in [1.29, 1.82) is 0 Å². The van der Waals surface area contributed by atoms with Crippen molar-refractivity contribution in [2.75, 3.05) is 11.9 Å². The van der Waals surface area contributed by atoms with Crippen molar-refractivity contribution in [3.63, 3.8) is 0 Å². The average Bonchev–Trinajstić information content (AvgIpc) is 3.02. The lowest BCUT2D eigenvalue weighted by Gasteiger charge is -2.34. The van der Waals surface area contributed by atoms with Crippen LogP contribution in [0.15, 0.2) is 47.4 Å². The van der Waals surface area contributed by atoms with E-state index >= 15 is 0 Å². The Labute approximate surface area is 259 Å². The fraction of sp³-hybridized carbons (Fsp3) is 0.406. The van der Waals surface area contributed by atoms with Gasteiger partial charge >= 0.3 is 0 Å². The quantitative estimate of drug-likeness (QED) is 0.148. The van der Waals surface area contributed by atoms with Gasteiger partial charge in [0.05, 0.1) is 13.2 Å². The lowest BCUT2D eigenvalue weighted by molar-refractivity contribution is -0.123. The minimum atomic E-state index is -5.47. The van der Waals surface area contributed by atoms with Crippen LogP contribution in [0.4, 0.5) is 27.6 Å². The zero-order valence-corrected chi connectivity index (χ0v) is 25.9. The Morgan fingerprint density at radius 3 is 1.96 bits per heavy atom. The van der Waals surface area contributed by atoms with E-state index in [1.165, 1.54) is 38.5 Å². The molecule has 3 aromatic carbocycles. The van der Waals surface area contributed by atoms with Crippen LogP contribution in [0.2, 0.25) is 0 Å². The molecule has 45 heavy (non-hydrogen) atoms. The van der Waals surface area contributed by atoms with Gasteiger partial charge in [-0.1, -0.05) is 63.4 Å². The molecule has 7 nitrogen and oxygen atoms in total. The summed E-state index contributed by atoms with van der Waals surface area (Å²) in [6, 6.07) is 9.88. The van der Waals surface area contributed by atoms with Crippen LogP contribution in [0.25, 0.3) is 0 Å². The first kappa shape index (κ1) is 34.3. The number of amides is 1. The number of carbonyl (C=O) groups excluding carboxylic acids is 1. The third-order valence-corrected chi connectivity index (χ3v) is 10.2. The summed E-state index contributed by atoms with van der Waals surface area (Å²) in [7, 11) is -4.65. The van der Waals surface area contributed by atoms with Crippen molar-refractivity contribution in [2.24, 2.45) is 5.92 Å². The summed E-state index contributed by atoms with van der Waals surface area (Å²) in [5.41, 5.74) is 2.06. The van der Waals surface area contributed by atoms with Gasteiger partial charge in [0.2, 0.25) is 21.7 Å². The summed E-state index contributed by atoms with van der Waals surface area (Å²) >= 11 is 0. The first-order valence-corrected chi connectivity index (χ1v) is 16.0. The van der Waals surface area contributed by atoms with Crippen molar-refractivity contribution in [3.05, 3.63) is 88.2 Å². The van der Waals surface area contributed by atoms with Crippen molar-refractivity contribution in [3.8, 4) is 5.75 Å². The van der Waals surface area contributed by atoms with Crippen LogP contribution < -0.4 is 4.90 Å². The minimum Gasteiger partial charge on any atom is -0.508 e. The number of carbonyl (C=O) groups is 1. The van der Waals surface area contributed by atoms with E-state index in [0.29, 0.717) is 15.8 Å². The molecule has 0 saturated heterocycles. The van der Waals surface area contributed by atoms with E-state index in [9.17, 15) is 45.4 Å². The fourth-order valence-corrected chi connectivity index (χ4v) is 7.34. The lowest BCUT2D eigenvalue weighted by Crippen LogP contribution is -2.52. The molecule has 1 unspecified atom stereocenters. The molecule has 13 heteroatoms. The van der Waals surface area contributed by atoms with Crippen LogP contribution in [0.1, 0.15) is 68.6 Å². The van der Waals surface area contributed by atoms with E-state index in [2.05, 4.69) is 0 Å². The molecule has 1 saturated carbocycles. The van der Waals surface area contributed by atoms with E-state index in [-0.39, 0.29) is 23.5 Å². The molecule has 1 aliphatic carbocycles. The monoisotopic (exact) mass is 654 g/mol. The SMILES string of the molecule is CC(C)C(C(=O)N(Cc1ccc(C2CCCCC2)cc1)c1ccc(CO)c(O)c1)N(C)S(=O)(=O)c1c(F)c(F)c(F)c(F)c1F. The van der Waals surface area contributed by atoms with Crippen LogP contribution in [0.3, 0.4) is 0 Å². The number of anilines is 1. The Morgan fingerprint density at radius 2 is 1.44 bits per heavy atom. The minimum absolute atomic E-state index is 0.110. The maximum Gasteiger partial charge on any atom is 0.249 e. The topological polar surface area (TPSA) is 98.2 Å². The van der Waals surface area contributed by atoms with Crippen LogP contribution in [0, 0.1) is 35.0 Å². The number of phenols is 1. The second-order valence-corrected chi connectivity index (χ2v) is 13.5. The van der Waals surface area contributed by atoms with E-state index < -0.39 is 68.5 Å². The van der Waals surface area contributed by atoms with E-state index in [1.807, 2.05) is 24.3 Å². The molecule has 0 aliphatic heterocycles. The zero-order valence-electron chi connectivity index (χ0n) is 25.0. The van der Waals surface area contributed by atoms with Crippen LogP contribution in [-0.4, -0.2) is 41.9 Å². The molecule has 0 bridgehead atoms. The van der Waals surface area contributed by atoms with Gasteiger partial charge in [0.15, 0.2) is 28.2 Å². The van der Waals surface area contributed by atoms with Crippen molar-refractivity contribution < 1.29 is 45.4 Å². The highest BCUT2D eigenvalue weighted by Gasteiger charge is 2.42. The van der Waals surface area contributed by atoms with Gasteiger partial charge in [-0.25, -0.2) is 30.4 Å². The second-order valence-electron chi connectivity index (χ2n) is 11.6. The van der Waals surface area contributed by atoms with Gasteiger partial charge in [-0.3, -0.25) is 4.79 Å². The molecule has 3 aromatic rings. The first-order valence-electron chi connectivity index (χ1n) is 14.5. The molecule has 1 aliphatic rings. The summed E-state index contributed by atoms with van der Waals surface area (Å²) < 4.78 is 98.1. The summed E-state index contributed by atoms with van der Waals surface area (Å²) in [6.07, 6.45) is 5.61. The fourth-order valence-electron chi connectivity index (χ4n) is 5.79. The van der Waals surface area contributed by atoms with Crippen LogP contribution in [-0.2, 0) is 28.0 Å². The predicted molar refractivity (Wildman–Crippen MR) is 157 cm³/mol. The van der Waals surface area contributed by atoms with E-state index in [4.69, 9.17) is 0 Å². The van der Waals surface area contributed by atoms with Gasteiger partial charge in [-0.2, -0.15) is 4.31 Å². The van der Waals surface area contributed by atoms with E-state index in [1.54, 1.807) is 0 Å². The highest BCUT2D eigenvalue weighted by molar-refractivity contribution is 7.89. The highest BCUT2D eigenvalue weighted by atomic mass is 32.2. The number of aromatic hydroxyl groups is 1. The average molecular weight is 655 g/mol. The van der Waals surface area contributed by atoms with Gasteiger partial charge < -0.3 is 15.1 Å². The number of aliphatic hydroxyl groups is 1. The van der Waals surface area contributed by atoms with Crippen LogP contribution >= 0.6 is 0 Å². The lowest BCUT2D eigenvalue weighted by atomic mass is 9.84. The Kier molecular flexibility index (Phi) is 10.6.